The summed E-state index contributed by atoms with van der Waals surface area (Å²) < 4.78 is 26.3. The molecule has 1 aromatic carbocycles. The minimum atomic E-state index is -0.635. The van der Waals surface area contributed by atoms with E-state index in [0.717, 1.165) is 24.6 Å². The maximum Gasteiger partial charge on any atom is 0.174 e. The van der Waals surface area contributed by atoms with E-state index in [1.54, 1.807) is 0 Å². The van der Waals surface area contributed by atoms with Crippen molar-refractivity contribution in [2.45, 2.75) is 19.3 Å². The number of hydrogen-bond donors (Lipinski definition) is 0. The average Bonchev–Trinajstić information content (AvgIpc) is 2.73. The molecule has 0 atom stereocenters. The normalized spacial score (nSPS) is 14.7. The molecule has 0 amide bonds. The summed E-state index contributed by atoms with van der Waals surface area (Å²) in [5.41, 5.74) is 1.15. The first-order valence-electron chi connectivity index (χ1n) is 5.63. The number of ketones is 1. The van der Waals surface area contributed by atoms with E-state index in [1.807, 2.05) is 0 Å². The van der Waals surface area contributed by atoms with Crippen LogP contribution in [0.15, 0.2) is 18.2 Å². The van der Waals surface area contributed by atoms with Crippen LogP contribution in [0.2, 0.25) is 0 Å². The molecule has 1 aliphatic rings. The fourth-order valence-electron chi connectivity index (χ4n) is 2.07. The Hall–Kier alpha value is -1.62. The number of halogens is 2. The maximum atomic E-state index is 13.1. The minimum absolute atomic E-state index is 0.0804. The largest absolute Gasteiger partial charge is 0.293 e. The Morgan fingerprint density at radius 1 is 1.11 bits per heavy atom. The summed E-state index contributed by atoms with van der Waals surface area (Å²) in [6, 6.07) is 3.29. The van der Waals surface area contributed by atoms with Gasteiger partial charge in [-0.05, 0) is 25.0 Å². The Kier molecular flexibility index (Phi) is 2.70. The fourth-order valence-corrected chi connectivity index (χ4v) is 3.14. The van der Waals surface area contributed by atoms with Gasteiger partial charge in [-0.15, -0.1) is 11.3 Å². The molecule has 18 heavy (non-hydrogen) atoms. The third-order valence-electron chi connectivity index (χ3n) is 2.88. The summed E-state index contributed by atoms with van der Waals surface area (Å²) in [5.74, 6) is -1.19. The summed E-state index contributed by atoms with van der Waals surface area (Å²) in [7, 11) is 0. The van der Waals surface area contributed by atoms with Crippen molar-refractivity contribution >= 4 is 17.1 Å². The zero-order valence-electron chi connectivity index (χ0n) is 9.37. The quantitative estimate of drug-likeness (QED) is 0.788. The smallest absolute Gasteiger partial charge is 0.174 e. The van der Waals surface area contributed by atoms with Crippen LogP contribution >= 0.6 is 11.3 Å². The van der Waals surface area contributed by atoms with E-state index in [4.69, 9.17) is 0 Å². The molecule has 2 nitrogen and oxygen atoms in total. The number of thiazole rings is 1. The second-order valence-electron chi connectivity index (χ2n) is 4.23. The topological polar surface area (TPSA) is 30.0 Å². The molecule has 0 N–H and O–H groups in total. The van der Waals surface area contributed by atoms with E-state index in [9.17, 15) is 13.6 Å². The highest BCUT2D eigenvalue weighted by Gasteiger charge is 2.22. The van der Waals surface area contributed by atoms with E-state index < -0.39 is 11.6 Å². The number of carbonyl (C=O) groups excluding carboxylic acids is 1. The molecule has 0 unspecified atom stereocenters. The monoisotopic (exact) mass is 265 g/mol. The van der Waals surface area contributed by atoms with Gasteiger partial charge in [0.15, 0.2) is 5.78 Å². The predicted octanol–water partition coefficient (Wildman–Crippen LogP) is 3.61. The van der Waals surface area contributed by atoms with E-state index in [2.05, 4.69) is 4.98 Å². The van der Waals surface area contributed by atoms with E-state index in [-0.39, 0.29) is 5.78 Å². The van der Waals surface area contributed by atoms with Gasteiger partial charge in [0.25, 0.3) is 0 Å². The van der Waals surface area contributed by atoms with Crippen LogP contribution in [0.1, 0.15) is 28.2 Å². The zero-order chi connectivity index (χ0) is 12.7. The molecule has 1 heterocycles. The Morgan fingerprint density at radius 2 is 1.83 bits per heavy atom. The molecule has 0 radical (unpaired) electrons. The molecule has 5 heteroatoms. The molecule has 0 saturated heterocycles. The summed E-state index contributed by atoms with van der Waals surface area (Å²) in [5, 5.41) is 0.508. The SMILES string of the molecule is O=C1CCCc2nc(-c3cc(F)cc(F)c3)sc21. The van der Waals surface area contributed by atoms with E-state index >= 15 is 0 Å². The third-order valence-corrected chi connectivity index (χ3v) is 4.07. The molecule has 3 rings (SSSR count). The van der Waals surface area contributed by atoms with Crippen molar-refractivity contribution in [1.29, 1.82) is 0 Å². The average molecular weight is 265 g/mol. The van der Waals surface area contributed by atoms with Crippen molar-refractivity contribution in [3.8, 4) is 10.6 Å². The van der Waals surface area contributed by atoms with Crippen LogP contribution in [0.4, 0.5) is 8.78 Å². The second kappa shape index (κ2) is 4.24. The highest BCUT2D eigenvalue weighted by atomic mass is 32.1. The third kappa shape index (κ3) is 1.95. The van der Waals surface area contributed by atoms with Crippen molar-refractivity contribution in [3.05, 3.63) is 40.4 Å². The van der Waals surface area contributed by atoms with E-state index in [0.29, 0.717) is 21.9 Å². The van der Waals surface area contributed by atoms with Crippen molar-refractivity contribution < 1.29 is 13.6 Å². The molecule has 0 bridgehead atoms. The van der Waals surface area contributed by atoms with Crippen LogP contribution in [0.25, 0.3) is 10.6 Å². The lowest BCUT2D eigenvalue weighted by Crippen LogP contribution is -2.07. The minimum Gasteiger partial charge on any atom is -0.293 e. The molecule has 0 saturated carbocycles. The van der Waals surface area contributed by atoms with Crippen molar-refractivity contribution in [3.63, 3.8) is 0 Å². The van der Waals surface area contributed by atoms with Crippen LogP contribution in [0.3, 0.4) is 0 Å². The molecular formula is C13H9F2NOS. The van der Waals surface area contributed by atoms with Gasteiger partial charge in [0.2, 0.25) is 0 Å². The van der Waals surface area contributed by atoms with Gasteiger partial charge in [-0.25, -0.2) is 13.8 Å². The van der Waals surface area contributed by atoms with Crippen LogP contribution in [-0.2, 0) is 6.42 Å². The Balaban J connectivity index is 2.10. The van der Waals surface area contributed by atoms with E-state index in [1.165, 1.54) is 23.5 Å². The molecule has 92 valence electrons. The number of hydrogen-bond acceptors (Lipinski definition) is 3. The van der Waals surface area contributed by atoms with Gasteiger partial charge in [-0.2, -0.15) is 0 Å². The van der Waals surface area contributed by atoms with Gasteiger partial charge in [0.05, 0.1) is 10.6 Å². The van der Waals surface area contributed by atoms with Crippen molar-refractivity contribution in [1.82, 2.24) is 4.98 Å². The summed E-state index contributed by atoms with van der Waals surface area (Å²) in [6.07, 6.45) is 2.09. The number of aromatic nitrogens is 1. The van der Waals surface area contributed by atoms with Crippen LogP contribution < -0.4 is 0 Å². The zero-order valence-corrected chi connectivity index (χ0v) is 10.2. The Morgan fingerprint density at radius 3 is 2.50 bits per heavy atom. The molecule has 0 spiro atoms. The lowest BCUT2D eigenvalue weighted by molar-refractivity contribution is 0.0976. The van der Waals surface area contributed by atoms with Gasteiger partial charge in [0, 0.05) is 18.1 Å². The van der Waals surface area contributed by atoms with Crippen molar-refractivity contribution in [2.24, 2.45) is 0 Å². The predicted molar refractivity (Wildman–Crippen MR) is 64.7 cm³/mol. The molecule has 0 aliphatic heterocycles. The Labute approximate surface area is 106 Å². The molecule has 1 aliphatic carbocycles. The summed E-state index contributed by atoms with van der Waals surface area (Å²) in [4.78, 5) is 16.6. The first kappa shape index (κ1) is 11.5. The fraction of sp³-hybridized carbons (Fsp3) is 0.231. The standard InChI is InChI=1S/C13H9F2NOS/c14-8-4-7(5-9(15)6-8)13-16-10-2-1-3-11(17)12(10)18-13/h4-6H,1-3H2. The molecule has 0 fully saturated rings. The van der Waals surface area contributed by atoms with Crippen LogP contribution in [0.5, 0.6) is 0 Å². The van der Waals surface area contributed by atoms with Crippen LogP contribution in [0, 0.1) is 11.6 Å². The van der Waals surface area contributed by atoms with Crippen molar-refractivity contribution in [2.75, 3.05) is 0 Å². The van der Waals surface area contributed by atoms with Gasteiger partial charge in [-0.1, -0.05) is 0 Å². The number of carbonyl (C=O) groups is 1. The van der Waals surface area contributed by atoms with Gasteiger partial charge in [0.1, 0.15) is 16.6 Å². The second-order valence-corrected chi connectivity index (χ2v) is 5.23. The number of Topliss-reactive ketones (excluding diaryl/α,β-unsaturated/α-hetero) is 1. The first-order valence-corrected chi connectivity index (χ1v) is 6.44. The lowest BCUT2D eigenvalue weighted by atomic mass is 10.0. The number of benzene rings is 1. The number of fused-ring (bicyclic) bond motifs is 1. The molecular weight excluding hydrogens is 256 g/mol. The number of rotatable bonds is 1. The van der Waals surface area contributed by atoms with Gasteiger partial charge >= 0.3 is 0 Å². The van der Waals surface area contributed by atoms with Gasteiger partial charge in [-0.3, -0.25) is 4.79 Å². The highest BCUT2D eigenvalue weighted by molar-refractivity contribution is 7.17. The first-order chi connectivity index (χ1) is 8.63. The summed E-state index contributed by atoms with van der Waals surface area (Å²) >= 11 is 1.22. The highest BCUT2D eigenvalue weighted by Crippen LogP contribution is 2.33. The maximum absolute atomic E-state index is 13.1. The van der Waals surface area contributed by atoms with Crippen LogP contribution in [-0.4, -0.2) is 10.8 Å². The molecule has 2 aromatic rings. The summed E-state index contributed by atoms with van der Waals surface area (Å²) in [6.45, 7) is 0. The van der Waals surface area contributed by atoms with Gasteiger partial charge < -0.3 is 0 Å². The Bertz CT molecular complexity index is 616. The number of aryl methyl sites for hydroxylation is 1. The lowest BCUT2D eigenvalue weighted by Gasteiger charge is -2.06. The number of nitrogens with zero attached hydrogens (tertiary/aromatic N) is 1. The molecule has 1 aromatic heterocycles.